The van der Waals surface area contributed by atoms with E-state index in [1.807, 2.05) is 0 Å². The number of nitrogens with zero attached hydrogens (tertiary/aromatic N) is 5. The summed E-state index contributed by atoms with van der Waals surface area (Å²) in [5, 5.41) is -0.483. The molecule has 3 aromatic rings. The van der Waals surface area contributed by atoms with Crippen LogP contribution < -0.4 is 4.90 Å². The summed E-state index contributed by atoms with van der Waals surface area (Å²) in [6.45, 7) is 13.6. The first-order valence-corrected chi connectivity index (χ1v) is 18.5. The van der Waals surface area contributed by atoms with Crippen molar-refractivity contribution >= 4 is 58.5 Å². The third kappa shape index (κ3) is 10.3. The number of rotatable bonds is 11. The highest BCUT2D eigenvalue weighted by atomic mass is 35.5. The maximum absolute atomic E-state index is 13.6. The molecule has 4 rings (SSSR count). The molecule has 1 aliphatic heterocycles. The summed E-state index contributed by atoms with van der Waals surface area (Å²) in [6.07, 6.45) is -4.69. The highest BCUT2D eigenvalue weighted by molar-refractivity contribution is 6.29. The van der Waals surface area contributed by atoms with Gasteiger partial charge in [0, 0.05) is 13.3 Å². The molecule has 1 aliphatic rings. The minimum absolute atomic E-state index is 0.0742. The van der Waals surface area contributed by atoms with Gasteiger partial charge in [-0.3, -0.25) is 14.2 Å². The standard InChI is InChI=1S/C39H45ClF3N5O11/c1-12-37(11)25(19-55-38(21(3)49,31(51)54-13-2)18-23-15-14-16-24(17-23)39(41,42)43)57-30(27(37)56-22(4)50)47-20-44-26-28(47)45-32(40)46-29(26)48(33(52)58-35(5,6)7)34(53)59-36(8,9)10/h1,14-17,20,25,27,30H,13,18-19H2,2-11H3/t25-,27+,30-,37+,38?/m1/s1. The van der Waals surface area contributed by atoms with Crippen LogP contribution in [-0.4, -0.2) is 91.7 Å². The zero-order chi connectivity index (χ0) is 44.5. The van der Waals surface area contributed by atoms with E-state index in [2.05, 4.69) is 20.9 Å². The van der Waals surface area contributed by atoms with E-state index in [0.717, 1.165) is 38.4 Å². The SMILES string of the molecule is C#C[C@@]1(C)[C@@H](COC(Cc2cccc(C(F)(F)F)c2)(C(C)=O)C(=O)OCC)O[C@@H](n2cnc3c(N(C(=O)OC(C)(C)C)C(=O)OC(C)(C)C)nc(Cl)nc32)[C@@H]1OC(C)=O. The fraction of sp³-hybridized carbons (Fsp3) is 0.538. The zero-order valence-corrected chi connectivity index (χ0v) is 34.8. The Morgan fingerprint density at radius 3 is 2.14 bits per heavy atom. The quantitative estimate of drug-likeness (QED) is 0.0645. The molecule has 0 spiro atoms. The number of benzene rings is 1. The van der Waals surface area contributed by atoms with Gasteiger partial charge < -0.3 is 28.4 Å². The molecule has 2 amide bonds. The molecule has 3 heterocycles. The Hall–Kier alpha value is -5.32. The minimum atomic E-state index is -4.73. The second kappa shape index (κ2) is 17.1. The van der Waals surface area contributed by atoms with Gasteiger partial charge in [-0.15, -0.1) is 6.42 Å². The molecule has 20 heteroatoms. The van der Waals surface area contributed by atoms with E-state index in [0.29, 0.717) is 4.90 Å². The van der Waals surface area contributed by atoms with Gasteiger partial charge >= 0.3 is 30.3 Å². The smallest absolute Gasteiger partial charge is 0.425 e. The third-order valence-corrected chi connectivity index (χ3v) is 8.97. The Morgan fingerprint density at radius 2 is 1.63 bits per heavy atom. The molecule has 1 fully saturated rings. The minimum Gasteiger partial charge on any atom is -0.463 e. The molecular weight excluding hydrogens is 807 g/mol. The molecule has 5 atom stereocenters. The molecule has 0 N–H and O–H groups in total. The summed E-state index contributed by atoms with van der Waals surface area (Å²) < 4.78 is 76.5. The molecule has 1 saturated heterocycles. The number of ketones is 1. The highest BCUT2D eigenvalue weighted by Gasteiger charge is 2.58. The number of esters is 2. The fourth-order valence-corrected chi connectivity index (χ4v) is 6.22. The number of imide groups is 1. The number of imidazole rings is 1. The van der Waals surface area contributed by atoms with E-state index in [4.69, 9.17) is 46.4 Å². The van der Waals surface area contributed by atoms with Crippen LogP contribution >= 0.6 is 11.6 Å². The van der Waals surface area contributed by atoms with Crippen molar-refractivity contribution in [3.8, 4) is 12.3 Å². The Morgan fingerprint density at radius 1 is 1.02 bits per heavy atom. The van der Waals surface area contributed by atoms with Crippen molar-refractivity contribution in [3.63, 3.8) is 0 Å². The van der Waals surface area contributed by atoms with Crippen LogP contribution in [0, 0.1) is 17.8 Å². The first-order valence-electron chi connectivity index (χ1n) is 18.1. The summed E-state index contributed by atoms with van der Waals surface area (Å²) in [5.41, 5.74) is -7.74. The molecule has 0 aliphatic carbocycles. The van der Waals surface area contributed by atoms with Crippen LogP contribution in [0.2, 0.25) is 5.28 Å². The van der Waals surface area contributed by atoms with Crippen molar-refractivity contribution in [3.05, 3.63) is 47.0 Å². The molecule has 59 heavy (non-hydrogen) atoms. The van der Waals surface area contributed by atoms with Crippen LogP contribution in [0.25, 0.3) is 11.2 Å². The molecule has 1 aromatic carbocycles. The summed E-state index contributed by atoms with van der Waals surface area (Å²) >= 11 is 6.39. The molecule has 320 valence electrons. The zero-order valence-electron chi connectivity index (χ0n) is 34.1. The van der Waals surface area contributed by atoms with Crippen molar-refractivity contribution in [1.29, 1.82) is 0 Å². The average Bonchev–Trinajstić information content (AvgIpc) is 3.62. The van der Waals surface area contributed by atoms with Crippen LogP contribution in [0.5, 0.6) is 0 Å². The van der Waals surface area contributed by atoms with Crippen molar-refractivity contribution in [2.75, 3.05) is 18.1 Å². The number of ether oxygens (including phenoxy) is 6. The first kappa shape index (κ1) is 46.4. The fourth-order valence-electron chi connectivity index (χ4n) is 6.06. The highest BCUT2D eigenvalue weighted by Crippen LogP contribution is 2.47. The lowest BCUT2D eigenvalue weighted by Gasteiger charge is -2.33. The third-order valence-electron chi connectivity index (χ3n) is 8.80. The number of aromatic nitrogens is 4. The van der Waals surface area contributed by atoms with Crippen molar-refractivity contribution in [1.82, 2.24) is 19.5 Å². The number of carbonyl (C=O) groups is 5. The van der Waals surface area contributed by atoms with Gasteiger partial charge in [-0.25, -0.2) is 19.4 Å². The van der Waals surface area contributed by atoms with Gasteiger partial charge in [-0.1, -0.05) is 24.1 Å². The number of hydrogen-bond donors (Lipinski definition) is 0. The number of amides is 2. The monoisotopic (exact) mass is 851 g/mol. The predicted octanol–water partition coefficient (Wildman–Crippen LogP) is 6.79. The summed E-state index contributed by atoms with van der Waals surface area (Å²) in [4.78, 5) is 79.8. The van der Waals surface area contributed by atoms with Gasteiger partial charge in [-0.05, 0) is 85.5 Å². The molecule has 0 radical (unpaired) electrons. The Balaban J connectivity index is 1.84. The van der Waals surface area contributed by atoms with Gasteiger partial charge in [0.2, 0.25) is 10.9 Å². The normalized spacial score (nSPS) is 20.6. The maximum atomic E-state index is 13.6. The van der Waals surface area contributed by atoms with Crippen LogP contribution in [0.15, 0.2) is 30.6 Å². The number of carbonyl (C=O) groups excluding carboxylic acids is 5. The van der Waals surface area contributed by atoms with Gasteiger partial charge in [-0.2, -0.15) is 28.0 Å². The molecule has 0 bridgehead atoms. The van der Waals surface area contributed by atoms with E-state index in [1.165, 1.54) is 24.5 Å². The number of anilines is 1. The van der Waals surface area contributed by atoms with Crippen molar-refractivity contribution < 1.29 is 65.6 Å². The van der Waals surface area contributed by atoms with Crippen molar-refractivity contribution in [2.24, 2.45) is 5.41 Å². The van der Waals surface area contributed by atoms with Crippen LogP contribution in [-0.2, 0) is 55.4 Å². The summed E-state index contributed by atoms with van der Waals surface area (Å²) in [7, 11) is 0. The van der Waals surface area contributed by atoms with Crippen LogP contribution in [0.3, 0.4) is 0 Å². The average molecular weight is 852 g/mol. The number of halogens is 4. The summed E-state index contributed by atoms with van der Waals surface area (Å²) in [6, 6.07) is 4.02. The number of hydrogen-bond acceptors (Lipinski definition) is 14. The van der Waals surface area contributed by atoms with Gasteiger partial charge in [0.15, 0.2) is 35.1 Å². The lowest BCUT2D eigenvalue weighted by Crippen LogP contribution is -2.53. The topological polar surface area (TPSA) is 188 Å². The lowest BCUT2D eigenvalue weighted by molar-refractivity contribution is -0.182. The lowest BCUT2D eigenvalue weighted by atomic mass is 9.81. The van der Waals surface area contributed by atoms with E-state index >= 15 is 0 Å². The van der Waals surface area contributed by atoms with E-state index < -0.39 is 106 Å². The summed E-state index contributed by atoms with van der Waals surface area (Å²) in [5.74, 6) is -0.774. The number of terminal acetylenes is 1. The largest absolute Gasteiger partial charge is 0.463 e. The van der Waals surface area contributed by atoms with Gasteiger partial charge in [0.1, 0.15) is 17.3 Å². The second-order valence-corrected chi connectivity index (χ2v) is 16.0. The molecule has 0 saturated carbocycles. The number of Topliss-reactive ketones (excluding diaryl/α,β-unsaturated/α-hetero) is 1. The Bertz CT molecular complexity index is 2130. The first-order chi connectivity index (χ1) is 27.2. The van der Waals surface area contributed by atoms with Crippen LogP contribution in [0.1, 0.15) is 86.6 Å². The van der Waals surface area contributed by atoms with E-state index in [9.17, 15) is 37.1 Å². The maximum Gasteiger partial charge on any atom is 0.425 e. The van der Waals surface area contributed by atoms with E-state index in [1.54, 1.807) is 41.5 Å². The Kier molecular flexibility index (Phi) is 13.4. The molecule has 16 nitrogen and oxygen atoms in total. The molecule has 1 unspecified atom stereocenters. The Labute approximate surface area is 343 Å². The van der Waals surface area contributed by atoms with Gasteiger partial charge in [0.25, 0.3) is 0 Å². The second-order valence-electron chi connectivity index (χ2n) is 15.7. The van der Waals surface area contributed by atoms with Crippen LogP contribution in [0.4, 0.5) is 28.6 Å². The molecule has 2 aromatic heterocycles. The number of alkyl halides is 3. The molecular formula is C39H45ClF3N5O11. The van der Waals surface area contributed by atoms with Gasteiger partial charge in [0.05, 0.1) is 30.5 Å². The number of fused-ring (bicyclic) bond motifs is 1. The predicted molar refractivity (Wildman–Crippen MR) is 203 cm³/mol. The van der Waals surface area contributed by atoms with E-state index in [-0.39, 0.29) is 23.3 Å². The van der Waals surface area contributed by atoms with Crippen molar-refractivity contribution in [2.45, 2.75) is 117 Å².